The smallest absolute Gasteiger partial charge is 0.387 e. The Labute approximate surface area is 386 Å². The van der Waals surface area contributed by atoms with Gasteiger partial charge in [0.15, 0.2) is 5.78 Å². The van der Waals surface area contributed by atoms with Crippen LogP contribution < -0.4 is 10.6 Å². The van der Waals surface area contributed by atoms with E-state index in [0.29, 0.717) is 65.9 Å². The number of halogens is 1. The highest BCUT2D eigenvalue weighted by molar-refractivity contribution is 7.22. The SMILES string of the molecule is C.C.C.C.COOCCCCOC(=O)c1ccc(C(=O)OCCCCOC(=O)c2ccc(C(=O)Nc3ccc(NC(=O)c4ccc(C(C)=O)cc4)cc3)cc2)cc1.F.[3HH].[3HH].[3HH].[3H][P+](C)=O.[3H][P+](C)=O. The first-order chi connectivity index (χ1) is 29.1. The molecule has 2 N–H and O–H groups in total. The van der Waals surface area contributed by atoms with Crippen molar-refractivity contribution in [3.05, 3.63) is 130 Å². The van der Waals surface area contributed by atoms with E-state index in [4.69, 9.17) is 21.7 Å². The largest absolute Gasteiger partial charge is 0.462 e. The standard InChI is InChI=1S/C40H40N2O11.2CH3OP.4CH4.FH.3H2/c1-27(43)28-7-9-29(10-8-28)36(44)41-34-19-21-35(22-20-34)42-37(45)30-11-13-31(14-12-30)38(46)50-23-3-4-24-51-39(47)32-15-17-33(18-16-32)40(48)52-25-5-6-26-53-49-2;2*1-3-2;;;;;;;;/h7-22H,3-6,23-26H2,1-2H3,(H,41,44)(H,42,45);2*1H3;4*1H4;4*1H/p+2/i;;;;;;;;3*1+2/hT2. The first-order valence-corrected chi connectivity index (χ1v) is 20.6. The lowest BCUT2D eigenvalue weighted by Crippen LogP contribution is -2.14. The molecule has 4 rings (SSSR count). The van der Waals surface area contributed by atoms with E-state index in [9.17, 15) is 37.9 Å². The van der Waals surface area contributed by atoms with Crippen LogP contribution in [0.15, 0.2) is 97.1 Å². The monoisotopic (exact) mass is 950 g/mol. The predicted molar refractivity (Wildman–Crippen MR) is 260 cm³/mol. The number of Topliss-reactive ketones (excluding diaryl/α,β-unsaturated/α-hetero) is 1. The number of anilines is 2. The number of hydrogen-bond donors (Lipinski definition) is 2. The predicted octanol–water partition coefficient (Wildman–Crippen LogP) is 11.4. The van der Waals surface area contributed by atoms with Crippen LogP contribution in [0, 0.1) is 0 Å². The first-order valence-electron chi connectivity index (χ1n) is 19.0. The van der Waals surface area contributed by atoms with Crippen molar-refractivity contribution in [3.63, 3.8) is 0 Å². The molecule has 0 heterocycles. The molecule has 0 aliphatic rings. The van der Waals surface area contributed by atoms with Crippen LogP contribution in [0.4, 0.5) is 16.1 Å². The van der Waals surface area contributed by atoms with E-state index < -0.39 is 40.6 Å². The van der Waals surface area contributed by atoms with Crippen LogP contribution in [-0.4, -0.2) is 84.9 Å². The number of ether oxygens (including phenoxy) is 3. The van der Waals surface area contributed by atoms with Crippen molar-refractivity contribution in [3.8, 4) is 0 Å². The Balaban J connectivity index is -0.000000445. The molecule has 2 amide bonds. The van der Waals surface area contributed by atoms with Crippen LogP contribution in [0.3, 0.4) is 0 Å². The fourth-order valence-corrected chi connectivity index (χ4v) is 4.69. The van der Waals surface area contributed by atoms with Gasteiger partial charge in [-0.15, -0.1) is 0 Å². The zero-order valence-corrected chi connectivity index (χ0v) is 35.3. The van der Waals surface area contributed by atoms with Gasteiger partial charge in [-0.1, -0.05) is 51.0 Å². The minimum Gasteiger partial charge on any atom is -0.462 e. The molecule has 4 aromatic carbocycles. The Morgan fingerprint density at radius 2 is 0.750 bits per heavy atom. The summed E-state index contributed by atoms with van der Waals surface area (Å²) in [5.41, 5.74) is 3.14. The second-order valence-corrected chi connectivity index (χ2v) is 12.7. The molecular formula is C46H71FN2O13P2+2. The van der Waals surface area contributed by atoms with Gasteiger partial charge in [0.2, 0.25) is 0 Å². The lowest BCUT2D eigenvalue weighted by molar-refractivity contribution is -0.272. The van der Waals surface area contributed by atoms with Crippen molar-refractivity contribution in [2.45, 2.75) is 62.3 Å². The lowest BCUT2D eigenvalue weighted by atomic mass is 10.1. The van der Waals surface area contributed by atoms with Gasteiger partial charge in [0, 0.05) is 32.3 Å². The number of rotatable bonds is 19. The summed E-state index contributed by atoms with van der Waals surface area (Å²) in [6.45, 7) is 5.01. The summed E-state index contributed by atoms with van der Waals surface area (Å²) >= 11 is 0. The third-order valence-electron chi connectivity index (χ3n) is 7.67. The summed E-state index contributed by atoms with van der Waals surface area (Å²) in [4.78, 5) is 82.9. The number of esters is 3. The van der Waals surface area contributed by atoms with Crippen molar-refractivity contribution < 1.29 is 70.9 Å². The zero-order valence-electron chi connectivity index (χ0n) is 35.5. The Morgan fingerprint density at radius 1 is 0.500 bits per heavy atom. The van der Waals surface area contributed by atoms with Crippen molar-refractivity contribution in [1.82, 2.24) is 0 Å². The van der Waals surface area contributed by atoms with E-state index in [1.807, 2.05) is 0 Å². The third-order valence-corrected chi connectivity index (χ3v) is 7.67. The Kier molecular flexibility index (Phi) is 35.2. The van der Waals surface area contributed by atoms with Crippen LogP contribution in [0.5, 0.6) is 0 Å². The van der Waals surface area contributed by atoms with Gasteiger partial charge >= 0.3 is 37.3 Å². The lowest BCUT2D eigenvalue weighted by Gasteiger charge is -2.09. The zero-order chi connectivity index (χ0) is 45.2. The molecule has 0 bridgehead atoms. The number of hydrogen-bond acceptors (Lipinski definition) is 13. The van der Waals surface area contributed by atoms with Crippen molar-refractivity contribution in [1.29, 1.82) is 2.56 Å². The van der Waals surface area contributed by atoms with E-state index in [2.05, 4.69) is 15.5 Å². The van der Waals surface area contributed by atoms with E-state index in [1.165, 1.54) is 75.9 Å². The molecule has 2 atom stereocenters. The summed E-state index contributed by atoms with van der Waals surface area (Å²) in [6.07, 6.45) is 2.22. The highest BCUT2D eigenvalue weighted by Crippen LogP contribution is 2.17. The van der Waals surface area contributed by atoms with Crippen LogP contribution in [-0.2, 0) is 33.1 Å². The fourth-order valence-electron chi connectivity index (χ4n) is 4.69. The van der Waals surface area contributed by atoms with Gasteiger partial charge in [-0.3, -0.25) is 19.1 Å². The molecule has 0 saturated carbocycles. The summed E-state index contributed by atoms with van der Waals surface area (Å²) in [5.74, 6) is -2.40. The van der Waals surface area contributed by atoms with Crippen molar-refractivity contribution in [2.75, 3.05) is 57.5 Å². The fraction of sp³-hybridized carbons (Fsp3) is 0.348. The number of nitrogens with one attached hydrogen (secondary N) is 2. The topological polar surface area (TPSA) is 207 Å². The Morgan fingerprint density at radius 3 is 1.02 bits per heavy atom. The van der Waals surface area contributed by atoms with Crippen molar-refractivity contribution >= 4 is 63.7 Å². The van der Waals surface area contributed by atoms with E-state index in [1.54, 1.807) is 48.5 Å². The van der Waals surface area contributed by atoms with Gasteiger partial charge in [-0.25, -0.2) is 24.2 Å². The summed E-state index contributed by atoms with van der Waals surface area (Å²) < 4.78 is 46.5. The van der Waals surface area contributed by atoms with Gasteiger partial charge in [0.25, 0.3) is 11.8 Å². The molecule has 0 aliphatic heterocycles. The molecule has 0 aromatic heterocycles. The van der Waals surface area contributed by atoms with E-state index in [-0.39, 0.29) is 81.3 Å². The number of benzene rings is 4. The minimum absolute atomic E-state index is 0. The maximum absolute atomic E-state index is 12.8. The maximum Gasteiger partial charge on any atom is 0.387 e. The molecule has 358 valence electrons. The van der Waals surface area contributed by atoms with Crippen LogP contribution in [0.1, 0.15) is 129 Å². The maximum atomic E-state index is 12.8. The number of amides is 2. The molecule has 2 unspecified atom stereocenters. The molecule has 0 saturated heterocycles. The third kappa shape index (κ3) is 24.6. The highest BCUT2D eigenvalue weighted by Gasteiger charge is 2.13. The molecule has 0 fully saturated rings. The molecule has 0 radical (unpaired) electrons. The molecule has 0 aliphatic carbocycles. The highest BCUT2D eigenvalue weighted by atomic mass is 31.1. The summed E-state index contributed by atoms with van der Waals surface area (Å²) in [7, 11) is -1.82. The van der Waals surface area contributed by atoms with E-state index in [0.717, 1.165) is 0 Å². The molecule has 18 heteroatoms. The molecule has 64 heavy (non-hydrogen) atoms. The first kappa shape index (κ1) is 60.0. The van der Waals surface area contributed by atoms with Crippen molar-refractivity contribution in [2.24, 2.45) is 0 Å². The average molecular weight is 951 g/mol. The second kappa shape index (κ2) is 37.5. The number of carbonyl (C=O) groups is 6. The molecular weight excluding hydrogens is 869 g/mol. The van der Waals surface area contributed by atoms with Gasteiger partial charge in [-0.2, -0.15) is 0 Å². The van der Waals surface area contributed by atoms with Gasteiger partial charge < -0.3 is 24.8 Å². The molecule has 4 aromatic rings. The number of carbonyl (C=O) groups excluding carboxylic acids is 6. The van der Waals surface area contributed by atoms with E-state index >= 15 is 0 Å². The quantitative estimate of drug-likeness (QED) is 0.0171. The van der Waals surface area contributed by atoms with Crippen LogP contribution in [0.25, 0.3) is 0 Å². The summed E-state index contributed by atoms with van der Waals surface area (Å²) in [6, 6.07) is 24.9. The summed E-state index contributed by atoms with van der Waals surface area (Å²) in [5, 5.41) is 5.54. The Bertz CT molecular complexity index is 2090. The van der Waals surface area contributed by atoms with Crippen LogP contribution in [0.2, 0.25) is 0 Å². The number of ketones is 1. The second-order valence-electron chi connectivity index (χ2n) is 11.9. The molecule has 15 nitrogen and oxygen atoms in total. The van der Waals surface area contributed by atoms with Gasteiger partial charge in [0.05, 0.1) is 50.2 Å². The normalized spacial score (nSPS) is 10.1. The number of unbranched alkanes of at least 4 members (excludes halogenated alkanes) is 2. The van der Waals surface area contributed by atoms with Crippen LogP contribution >= 0.6 is 16.8 Å². The van der Waals surface area contributed by atoms with Gasteiger partial charge in [-0.05, 0) is 118 Å². The molecule has 0 spiro atoms. The average Bonchev–Trinajstić information content (AvgIpc) is 3.23. The Hall–Kier alpha value is -6.05. The van der Waals surface area contributed by atoms with Gasteiger partial charge in [0.1, 0.15) is 13.3 Å². The minimum atomic E-state index is -1.62.